The van der Waals surface area contributed by atoms with Crippen LogP contribution in [0.5, 0.6) is 0 Å². The van der Waals surface area contributed by atoms with Gasteiger partial charge in [-0.25, -0.2) is 14.6 Å². The fourth-order valence-corrected chi connectivity index (χ4v) is 3.68. The summed E-state index contributed by atoms with van der Waals surface area (Å²) < 4.78 is 1.59. The lowest BCUT2D eigenvalue weighted by molar-refractivity contribution is 0.0765. The lowest BCUT2D eigenvalue weighted by Gasteiger charge is -2.39. The number of pyridine rings is 1. The van der Waals surface area contributed by atoms with Crippen LogP contribution in [0.25, 0.3) is 11.3 Å². The fourth-order valence-electron chi connectivity index (χ4n) is 3.68. The van der Waals surface area contributed by atoms with Crippen molar-refractivity contribution in [1.82, 2.24) is 29.6 Å². The highest BCUT2D eigenvalue weighted by Gasteiger charge is 2.29. The smallest absolute Gasteiger partial charge is 0.266 e. The second-order valence-corrected chi connectivity index (χ2v) is 7.76. The van der Waals surface area contributed by atoms with Crippen LogP contribution in [0.1, 0.15) is 30.1 Å². The minimum Gasteiger partial charge on any atom is -0.298 e. The number of rotatable bonds is 6. The lowest BCUT2D eigenvalue weighted by atomic mass is 9.99. The Labute approximate surface area is 163 Å². The van der Waals surface area contributed by atoms with E-state index in [1.165, 1.54) is 12.8 Å². The third-order valence-corrected chi connectivity index (χ3v) is 5.38. The van der Waals surface area contributed by atoms with Gasteiger partial charge in [0, 0.05) is 73.5 Å². The third kappa shape index (κ3) is 3.71. The lowest BCUT2D eigenvalue weighted by Crippen LogP contribution is -2.48. The van der Waals surface area contributed by atoms with Gasteiger partial charge in [-0.1, -0.05) is 0 Å². The zero-order valence-electron chi connectivity index (χ0n) is 15.6. The summed E-state index contributed by atoms with van der Waals surface area (Å²) in [5, 5.41) is 4.54. The van der Waals surface area contributed by atoms with E-state index in [0.29, 0.717) is 18.4 Å². The topological polar surface area (TPSA) is 76.8 Å². The molecule has 0 radical (unpaired) electrons. The van der Waals surface area contributed by atoms with Crippen molar-refractivity contribution >= 4 is 0 Å². The van der Waals surface area contributed by atoms with Gasteiger partial charge in [-0.3, -0.25) is 14.7 Å². The van der Waals surface area contributed by atoms with E-state index in [1.54, 1.807) is 29.2 Å². The molecular weight excluding hydrogens is 352 g/mol. The molecule has 28 heavy (non-hydrogen) atoms. The van der Waals surface area contributed by atoms with Crippen molar-refractivity contribution < 1.29 is 0 Å². The molecule has 4 heterocycles. The first kappa shape index (κ1) is 17.2. The molecule has 1 aliphatic heterocycles. The molecule has 7 heteroatoms. The standard InChI is InChI=1S/C21H22N6O/c28-20-4-3-19(17-5-7-22-8-6-17)25-27(20)14-16-12-26(13-16)11-15-9-23-21(24-10-15)18-1-2-18/h3-10,16,18H,1-2,11-14H2. The first-order valence-corrected chi connectivity index (χ1v) is 9.76. The molecule has 1 saturated carbocycles. The SMILES string of the molecule is O=c1ccc(-c2ccncc2)nn1CC1CN(Cc2cnc(C3CC3)nc2)C1. The monoisotopic (exact) mass is 374 g/mol. The van der Waals surface area contributed by atoms with Crippen LogP contribution in [-0.2, 0) is 13.1 Å². The van der Waals surface area contributed by atoms with Crippen LogP contribution >= 0.6 is 0 Å². The summed E-state index contributed by atoms with van der Waals surface area (Å²) in [5.41, 5.74) is 2.86. The van der Waals surface area contributed by atoms with Gasteiger partial charge < -0.3 is 0 Å². The highest BCUT2D eigenvalue weighted by atomic mass is 16.1. The first-order valence-electron chi connectivity index (χ1n) is 9.76. The van der Waals surface area contributed by atoms with Gasteiger partial charge in [-0.15, -0.1) is 0 Å². The molecule has 0 N–H and O–H groups in total. The normalized spacial score (nSPS) is 17.4. The third-order valence-electron chi connectivity index (χ3n) is 5.38. The molecule has 3 aromatic heterocycles. The van der Waals surface area contributed by atoms with Gasteiger partial charge in [-0.2, -0.15) is 5.10 Å². The second kappa shape index (κ2) is 7.24. The van der Waals surface area contributed by atoms with Crippen LogP contribution in [0.4, 0.5) is 0 Å². The summed E-state index contributed by atoms with van der Waals surface area (Å²) in [7, 11) is 0. The Morgan fingerprint density at radius 1 is 1.00 bits per heavy atom. The molecule has 0 amide bonds. The maximum absolute atomic E-state index is 12.2. The molecule has 0 bridgehead atoms. The van der Waals surface area contributed by atoms with Crippen LogP contribution < -0.4 is 5.56 Å². The van der Waals surface area contributed by atoms with Gasteiger partial charge in [0.25, 0.3) is 5.56 Å². The summed E-state index contributed by atoms with van der Waals surface area (Å²) in [6.07, 6.45) is 9.83. The van der Waals surface area contributed by atoms with Crippen LogP contribution in [0.3, 0.4) is 0 Å². The van der Waals surface area contributed by atoms with Crippen LogP contribution in [0.15, 0.2) is 53.8 Å². The predicted octanol–water partition coefficient (Wildman–Crippen LogP) is 2.10. The van der Waals surface area contributed by atoms with Crippen LogP contribution in [0.2, 0.25) is 0 Å². The summed E-state index contributed by atoms with van der Waals surface area (Å²) in [6.45, 7) is 3.42. The summed E-state index contributed by atoms with van der Waals surface area (Å²) in [6, 6.07) is 7.17. The zero-order chi connectivity index (χ0) is 18.9. The predicted molar refractivity (Wildman–Crippen MR) is 105 cm³/mol. The van der Waals surface area contributed by atoms with Crippen LogP contribution in [0, 0.1) is 5.92 Å². The summed E-state index contributed by atoms with van der Waals surface area (Å²) in [4.78, 5) is 27.6. The van der Waals surface area contributed by atoms with Crippen molar-refractivity contribution in [1.29, 1.82) is 0 Å². The highest BCUT2D eigenvalue weighted by Crippen LogP contribution is 2.37. The maximum Gasteiger partial charge on any atom is 0.266 e. The molecule has 7 nitrogen and oxygen atoms in total. The molecule has 0 unspecified atom stereocenters. The van der Waals surface area contributed by atoms with Crippen molar-refractivity contribution in [2.24, 2.45) is 5.92 Å². The number of hydrogen-bond donors (Lipinski definition) is 0. The molecule has 1 saturated heterocycles. The van der Waals surface area contributed by atoms with Gasteiger partial charge in [0.2, 0.25) is 0 Å². The Kier molecular flexibility index (Phi) is 4.44. The minimum absolute atomic E-state index is 0.0553. The second-order valence-electron chi connectivity index (χ2n) is 7.76. The number of hydrogen-bond acceptors (Lipinski definition) is 6. The fraction of sp³-hybridized carbons (Fsp3) is 0.381. The van der Waals surface area contributed by atoms with Crippen molar-refractivity contribution in [3.05, 3.63) is 70.8 Å². The van der Waals surface area contributed by atoms with E-state index in [0.717, 1.165) is 42.3 Å². The molecule has 142 valence electrons. The van der Waals surface area contributed by atoms with Gasteiger partial charge in [-0.05, 0) is 31.0 Å². The van der Waals surface area contributed by atoms with Gasteiger partial charge >= 0.3 is 0 Å². The first-order chi connectivity index (χ1) is 13.7. The van der Waals surface area contributed by atoms with E-state index in [2.05, 4.69) is 25.0 Å². The van der Waals surface area contributed by atoms with Crippen molar-refractivity contribution in [3.63, 3.8) is 0 Å². The van der Waals surface area contributed by atoms with E-state index in [9.17, 15) is 4.79 Å². The van der Waals surface area contributed by atoms with Crippen molar-refractivity contribution in [3.8, 4) is 11.3 Å². The van der Waals surface area contributed by atoms with Gasteiger partial charge in [0.05, 0.1) is 12.2 Å². The highest BCUT2D eigenvalue weighted by molar-refractivity contribution is 5.56. The van der Waals surface area contributed by atoms with E-state index in [-0.39, 0.29) is 5.56 Å². The largest absolute Gasteiger partial charge is 0.298 e. The van der Waals surface area contributed by atoms with Crippen molar-refractivity contribution in [2.45, 2.75) is 31.8 Å². The van der Waals surface area contributed by atoms with Gasteiger partial charge in [0.1, 0.15) is 5.82 Å². The Bertz CT molecular complexity index is 1010. The molecular formula is C21H22N6O. The maximum atomic E-state index is 12.2. The Morgan fingerprint density at radius 3 is 2.46 bits per heavy atom. The summed E-state index contributed by atoms with van der Waals surface area (Å²) in [5.74, 6) is 2.02. The molecule has 3 aromatic rings. The zero-order valence-corrected chi connectivity index (χ0v) is 15.6. The van der Waals surface area contributed by atoms with E-state index < -0.39 is 0 Å². The number of nitrogens with zero attached hydrogens (tertiary/aromatic N) is 6. The Morgan fingerprint density at radius 2 is 1.75 bits per heavy atom. The molecule has 2 aliphatic rings. The van der Waals surface area contributed by atoms with Gasteiger partial charge in [0.15, 0.2) is 0 Å². The average molecular weight is 374 g/mol. The molecule has 2 fully saturated rings. The number of likely N-dealkylation sites (tertiary alicyclic amines) is 1. The van der Waals surface area contributed by atoms with E-state index >= 15 is 0 Å². The van der Waals surface area contributed by atoms with E-state index in [1.807, 2.05) is 24.5 Å². The average Bonchev–Trinajstić information content (AvgIpc) is 3.54. The minimum atomic E-state index is -0.0553. The molecule has 0 atom stereocenters. The van der Waals surface area contributed by atoms with Crippen molar-refractivity contribution in [2.75, 3.05) is 13.1 Å². The molecule has 0 spiro atoms. The Balaban J connectivity index is 1.18. The summed E-state index contributed by atoms with van der Waals surface area (Å²) >= 11 is 0. The van der Waals surface area contributed by atoms with E-state index in [4.69, 9.17) is 0 Å². The number of aromatic nitrogens is 5. The quantitative estimate of drug-likeness (QED) is 0.658. The van der Waals surface area contributed by atoms with Crippen LogP contribution in [-0.4, -0.2) is 42.7 Å². The molecule has 5 rings (SSSR count). The molecule has 0 aromatic carbocycles. The molecule has 1 aliphatic carbocycles. The Hall–Kier alpha value is -2.93.